The molecule has 0 saturated heterocycles. The van der Waals surface area contributed by atoms with E-state index in [-0.39, 0.29) is 11.9 Å². The Balaban J connectivity index is 2.32. The summed E-state index contributed by atoms with van der Waals surface area (Å²) in [7, 11) is 0. The fourth-order valence-corrected chi connectivity index (χ4v) is 2.03. The smallest absolute Gasteiger partial charge is 0.132 e. The number of rotatable bonds is 4. The van der Waals surface area contributed by atoms with Gasteiger partial charge in [-0.25, -0.2) is 4.39 Å². The number of hydrogen-bond donors (Lipinski definition) is 1. The third-order valence-corrected chi connectivity index (χ3v) is 3.21. The van der Waals surface area contributed by atoms with Crippen molar-refractivity contribution >= 4 is 0 Å². The lowest BCUT2D eigenvalue weighted by molar-refractivity contribution is 0.468. The topological polar surface area (TPSA) is 35.2 Å². The zero-order chi connectivity index (χ0) is 14.7. The second-order valence-electron chi connectivity index (χ2n) is 5.30. The van der Waals surface area contributed by atoms with Crippen molar-refractivity contribution < 1.29 is 9.13 Å². The van der Waals surface area contributed by atoms with Gasteiger partial charge < -0.3 is 10.5 Å². The lowest BCUT2D eigenvalue weighted by atomic mass is 10.0. The Morgan fingerprint density at radius 1 is 1.05 bits per heavy atom. The van der Waals surface area contributed by atoms with E-state index in [9.17, 15) is 4.39 Å². The molecule has 106 valence electrons. The monoisotopic (exact) mass is 273 g/mol. The molecule has 0 aliphatic carbocycles. The van der Waals surface area contributed by atoms with E-state index in [1.165, 1.54) is 17.7 Å². The minimum absolute atomic E-state index is 0.283. The van der Waals surface area contributed by atoms with Crippen molar-refractivity contribution in [3.8, 4) is 11.5 Å². The minimum atomic E-state index is -0.305. The maximum absolute atomic E-state index is 13.3. The van der Waals surface area contributed by atoms with Gasteiger partial charge in [-0.3, -0.25) is 0 Å². The molecule has 0 spiro atoms. The number of nitrogens with two attached hydrogens (primary N) is 1. The van der Waals surface area contributed by atoms with Crippen LogP contribution >= 0.6 is 0 Å². The fourth-order valence-electron chi connectivity index (χ4n) is 2.03. The van der Waals surface area contributed by atoms with E-state index in [0.717, 1.165) is 5.75 Å². The SMILES string of the molecule is CC(C)c1cccc(Oc2ccc(F)cc2C(C)N)c1. The fraction of sp³-hybridized carbons (Fsp3) is 0.294. The van der Waals surface area contributed by atoms with Crippen LogP contribution in [0, 0.1) is 5.82 Å². The average Bonchev–Trinajstić information content (AvgIpc) is 2.41. The largest absolute Gasteiger partial charge is 0.457 e. The third-order valence-electron chi connectivity index (χ3n) is 3.21. The van der Waals surface area contributed by atoms with Gasteiger partial charge in [0.05, 0.1) is 0 Å². The quantitative estimate of drug-likeness (QED) is 0.871. The Kier molecular flexibility index (Phi) is 4.40. The highest BCUT2D eigenvalue weighted by atomic mass is 19.1. The predicted octanol–water partition coefficient (Wildman–Crippen LogP) is 4.76. The van der Waals surface area contributed by atoms with Crippen LogP contribution in [-0.4, -0.2) is 0 Å². The second kappa shape index (κ2) is 6.06. The third kappa shape index (κ3) is 3.36. The zero-order valence-electron chi connectivity index (χ0n) is 12.1. The van der Waals surface area contributed by atoms with Gasteiger partial charge in [-0.1, -0.05) is 26.0 Å². The molecule has 0 saturated carbocycles. The molecule has 2 N–H and O–H groups in total. The molecule has 0 aliphatic heterocycles. The second-order valence-corrected chi connectivity index (χ2v) is 5.30. The first-order chi connectivity index (χ1) is 9.47. The molecule has 0 radical (unpaired) electrons. The van der Waals surface area contributed by atoms with Gasteiger partial charge in [0.1, 0.15) is 17.3 Å². The molecule has 0 amide bonds. The van der Waals surface area contributed by atoms with Crippen LogP contribution < -0.4 is 10.5 Å². The van der Waals surface area contributed by atoms with E-state index in [4.69, 9.17) is 10.5 Å². The van der Waals surface area contributed by atoms with Crippen LogP contribution in [0.5, 0.6) is 11.5 Å². The van der Waals surface area contributed by atoms with E-state index < -0.39 is 0 Å². The highest BCUT2D eigenvalue weighted by molar-refractivity contribution is 5.41. The highest BCUT2D eigenvalue weighted by Gasteiger charge is 2.11. The van der Waals surface area contributed by atoms with Crippen LogP contribution in [0.15, 0.2) is 42.5 Å². The van der Waals surface area contributed by atoms with Gasteiger partial charge in [0, 0.05) is 11.6 Å². The van der Waals surface area contributed by atoms with Gasteiger partial charge in [0.15, 0.2) is 0 Å². The standard InChI is InChI=1S/C17H20FNO/c1-11(2)13-5-4-6-15(9-13)20-17-8-7-14(18)10-16(17)12(3)19/h4-12H,19H2,1-3H3. The van der Waals surface area contributed by atoms with Crippen LogP contribution in [0.2, 0.25) is 0 Å². The number of hydrogen-bond acceptors (Lipinski definition) is 2. The molecule has 0 fully saturated rings. The number of ether oxygens (including phenoxy) is 1. The first kappa shape index (κ1) is 14.5. The molecular formula is C17H20FNO. The molecular weight excluding hydrogens is 253 g/mol. The Bertz CT molecular complexity index is 593. The molecule has 20 heavy (non-hydrogen) atoms. The van der Waals surface area contributed by atoms with Crippen LogP contribution in [-0.2, 0) is 0 Å². The van der Waals surface area contributed by atoms with Gasteiger partial charge in [-0.05, 0) is 48.7 Å². The first-order valence-corrected chi connectivity index (χ1v) is 6.80. The summed E-state index contributed by atoms with van der Waals surface area (Å²) in [5.41, 5.74) is 7.74. The van der Waals surface area contributed by atoms with E-state index in [1.807, 2.05) is 25.1 Å². The van der Waals surface area contributed by atoms with Crippen LogP contribution in [0.1, 0.15) is 43.9 Å². The van der Waals surface area contributed by atoms with Crippen molar-refractivity contribution in [1.29, 1.82) is 0 Å². The summed E-state index contributed by atoms with van der Waals surface area (Å²) in [6, 6.07) is 12.1. The highest BCUT2D eigenvalue weighted by Crippen LogP contribution is 2.30. The van der Waals surface area contributed by atoms with E-state index in [2.05, 4.69) is 19.9 Å². The van der Waals surface area contributed by atoms with Crippen molar-refractivity contribution in [1.82, 2.24) is 0 Å². The number of benzene rings is 2. The van der Waals surface area contributed by atoms with Gasteiger partial charge in [0.2, 0.25) is 0 Å². The summed E-state index contributed by atoms with van der Waals surface area (Å²) in [5.74, 6) is 1.47. The van der Waals surface area contributed by atoms with E-state index in [1.54, 1.807) is 6.07 Å². The maximum atomic E-state index is 13.3. The van der Waals surface area contributed by atoms with Crippen molar-refractivity contribution in [2.75, 3.05) is 0 Å². The summed E-state index contributed by atoms with van der Waals surface area (Å²) < 4.78 is 19.2. The van der Waals surface area contributed by atoms with Gasteiger partial charge in [-0.15, -0.1) is 0 Å². The molecule has 1 unspecified atom stereocenters. The minimum Gasteiger partial charge on any atom is -0.457 e. The zero-order valence-corrected chi connectivity index (χ0v) is 12.1. The van der Waals surface area contributed by atoms with E-state index in [0.29, 0.717) is 17.2 Å². The number of halogens is 1. The van der Waals surface area contributed by atoms with Crippen LogP contribution in [0.3, 0.4) is 0 Å². The van der Waals surface area contributed by atoms with Crippen LogP contribution in [0.25, 0.3) is 0 Å². The average molecular weight is 273 g/mol. The molecule has 3 heteroatoms. The molecule has 0 heterocycles. The molecule has 0 bridgehead atoms. The van der Waals surface area contributed by atoms with Crippen molar-refractivity contribution in [2.24, 2.45) is 5.73 Å². The summed E-state index contributed by atoms with van der Waals surface area (Å²) >= 11 is 0. The molecule has 2 rings (SSSR count). The van der Waals surface area contributed by atoms with Gasteiger partial charge in [0.25, 0.3) is 0 Å². The van der Waals surface area contributed by atoms with E-state index >= 15 is 0 Å². The normalized spacial score (nSPS) is 12.5. The summed E-state index contributed by atoms with van der Waals surface area (Å²) in [6.45, 7) is 6.07. The molecule has 1 atom stereocenters. The van der Waals surface area contributed by atoms with Crippen molar-refractivity contribution in [3.05, 3.63) is 59.4 Å². The maximum Gasteiger partial charge on any atom is 0.132 e. The molecule has 2 aromatic carbocycles. The van der Waals surface area contributed by atoms with Crippen molar-refractivity contribution in [2.45, 2.75) is 32.7 Å². The molecule has 0 aromatic heterocycles. The molecule has 2 nitrogen and oxygen atoms in total. The molecule has 0 aliphatic rings. The molecule has 2 aromatic rings. The van der Waals surface area contributed by atoms with Crippen molar-refractivity contribution in [3.63, 3.8) is 0 Å². The van der Waals surface area contributed by atoms with Gasteiger partial charge in [-0.2, -0.15) is 0 Å². The lowest BCUT2D eigenvalue weighted by Gasteiger charge is -2.15. The van der Waals surface area contributed by atoms with Gasteiger partial charge >= 0.3 is 0 Å². The predicted molar refractivity (Wildman–Crippen MR) is 79.6 cm³/mol. The summed E-state index contributed by atoms with van der Waals surface area (Å²) in [4.78, 5) is 0. The van der Waals surface area contributed by atoms with Crippen LogP contribution in [0.4, 0.5) is 4.39 Å². The Morgan fingerprint density at radius 3 is 2.45 bits per heavy atom. The summed E-state index contributed by atoms with van der Waals surface area (Å²) in [6.07, 6.45) is 0. The first-order valence-electron chi connectivity index (χ1n) is 6.80. The Labute approximate surface area is 119 Å². The Morgan fingerprint density at radius 2 is 1.80 bits per heavy atom. The Hall–Kier alpha value is -1.87. The summed E-state index contributed by atoms with van der Waals surface area (Å²) in [5, 5.41) is 0. The lowest BCUT2D eigenvalue weighted by Crippen LogP contribution is -2.07.